The Bertz CT molecular complexity index is 405. The van der Waals surface area contributed by atoms with Crippen LogP contribution in [0.2, 0.25) is 0 Å². The van der Waals surface area contributed by atoms with Crippen LogP contribution in [0, 0.1) is 0 Å². The summed E-state index contributed by atoms with van der Waals surface area (Å²) in [4.78, 5) is 11.9. The molecule has 1 aliphatic rings. The van der Waals surface area contributed by atoms with Gasteiger partial charge in [0.1, 0.15) is 0 Å². The summed E-state index contributed by atoms with van der Waals surface area (Å²) < 4.78 is 1.78. The Hall–Kier alpha value is -1.03. The fourth-order valence-corrected chi connectivity index (χ4v) is 2.12. The quantitative estimate of drug-likeness (QED) is 0.756. The van der Waals surface area contributed by atoms with Gasteiger partial charge in [-0.25, -0.2) is 4.68 Å². The van der Waals surface area contributed by atoms with Crippen LogP contribution in [0.1, 0.15) is 45.3 Å². The Morgan fingerprint density at radius 1 is 1.44 bits per heavy atom. The van der Waals surface area contributed by atoms with Crippen molar-refractivity contribution in [1.29, 1.82) is 0 Å². The lowest BCUT2D eigenvalue weighted by Gasteiger charge is -2.24. The summed E-state index contributed by atoms with van der Waals surface area (Å²) in [5, 5.41) is 6.58. The third-order valence-corrected chi connectivity index (χ3v) is 3.19. The fourth-order valence-electron chi connectivity index (χ4n) is 2.12. The van der Waals surface area contributed by atoms with E-state index in [4.69, 9.17) is 0 Å². The molecule has 1 aliphatic heterocycles. The molecule has 1 fully saturated rings. The Balaban J connectivity index is 2.28. The van der Waals surface area contributed by atoms with Crippen molar-refractivity contribution in [3.63, 3.8) is 0 Å². The van der Waals surface area contributed by atoms with Crippen molar-refractivity contribution >= 4 is 0 Å². The van der Waals surface area contributed by atoms with E-state index in [1.54, 1.807) is 10.7 Å². The standard InChI is InChI=1S/C12H21N3O/c1-12(2,3)10-7-11(16)15(14-10)9-5-4-6-13-8-9/h7,9,13-14H,4-6,8H2,1-3H3. The number of aromatic amines is 1. The number of H-pyrrole nitrogens is 1. The smallest absolute Gasteiger partial charge is 0.267 e. The zero-order chi connectivity index (χ0) is 11.8. The van der Waals surface area contributed by atoms with Crippen LogP contribution in [-0.2, 0) is 5.41 Å². The molecule has 0 aliphatic carbocycles. The summed E-state index contributed by atoms with van der Waals surface area (Å²) in [7, 11) is 0. The van der Waals surface area contributed by atoms with Crippen LogP contribution in [0.15, 0.2) is 10.9 Å². The molecule has 2 rings (SSSR count). The lowest BCUT2D eigenvalue weighted by atomic mass is 9.93. The first-order chi connectivity index (χ1) is 7.48. The average Bonchev–Trinajstić information content (AvgIpc) is 2.61. The van der Waals surface area contributed by atoms with Gasteiger partial charge in [-0.05, 0) is 19.4 Å². The van der Waals surface area contributed by atoms with Crippen LogP contribution >= 0.6 is 0 Å². The molecule has 1 unspecified atom stereocenters. The lowest BCUT2D eigenvalue weighted by Crippen LogP contribution is -2.35. The first kappa shape index (κ1) is 11.5. The zero-order valence-corrected chi connectivity index (χ0v) is 10.3. The van der Waals surface area contributed by atoms with Gasteiger partial charge in [-0.15, -0.1) is 0 Å². The van der Waals surface area contributed by atoms with Gasteiger partial charge in [0.15, 0.2) is 0 Å². The molecular weight excluding hydrogens is 202 g/mol. The second-order valence-corrected chi connectivity index (χ2v) is 5.63. The lowest BCUT2D eigenvalue weighted by molar-refractivity contribution is 0.336. The van der Waals surface area contributed by atoms with Crippen molar-refractivity contribution < 1.29 is 0 Å². The number of aromatic nitrogens is 2. The number of nitrogens with zero attached hydrogens (tertiary/aromatic N) is 1. The Kier molecular flexibility index (Phi) is 2.93. The van der Waals surface area contributed by atoms with E-state index < -0.39 is 0 Å². The summed E-state index contributed by atoms with van der Waals surface area (Å²) in [6.45, 7) is 8.30. The molecule has 0 saturated carbocycles. The minimum Gasteiger partial charge on any atom is -0.315 e. The first-order valence-electron chi connectivity index (χ1n) is 6.01. The van der Waals surface area contributed by atoms with Crippen LogP contribution in [-0.4, -0.2) is 22.9 Å². The van der Waals surface area contributed by atoms with Gasteiger partial charge in [-0.3, -0.25) is 9.89 Å². The van der Waals surface area contributed by atoms with Crippen molar-refractivity contribution in [2.45, 2.75) is 45.1 Å². The van der Waals surface area contributed by atoms with Gasteiger partial charge in [-0.1, -0.05) is 20.8 Å². The Morgan fingerprint density at radius 3 is 2.69 bits per heavy atom. The highest BCUT2D eigenvalue weighted by Crippen LogP contribution is 2.20. The molecule has 1 aromatic rings. The van der Waals surface area contributed by atoms with E-state index in [1.807, 2.05) is 0 Å². The van der Waals surface area contributed by atoms with Gasteiger partial charge in [0.05, 0.1) is 6.04 Å². The molecule has 1 saturated heterocycles. The van der Waals surface area contributed by atoms with Crippen molar-refractivity contribution in [2.75, 3.05) is 13.1 Å². The summed E-state index contributed by atoms with van der Waals surface area (Å²) in [6, 6.07) is 2.02. The third kappa shape index (κ3) is 2.21. The van der Waals surface area contributed by atoms with Crippen molar-refractivity contribution in [2.24, 2.45) is 0 Å². The molecule has 16 heavy (non-hydrogen) atoms. The summed E-state index contributed by atoms with van der Waals surface area (Å²) >= 11 is 0. The minimum atomic E-state index is 0.00645. The number of nitrogens with one attached hydrogen (secondary N) is 2. The van der Waals surface area contributed by atoms with E-state index in [0.717, 1.165) is 31.6 Å². The van der Waals surface area contributed by atoms with Crippen LogP contribution < -0.4 is 10.9 Å². The van der Waals surface area contributed by atoms with Crippen LogP contribution in [0.3, 0.4) is 0 Å². The molecule has 0 spiro atoms. The maximum atomic E-state index is 11.9. The Morgan fingerprint density at radius 2 is 2.19 bits per heavy atom. The van der Waals surface area contributed by atoms with E-state index in [9.17, 15) is 4.79 Å². The van der Waals surface area contributed by atoms with Crippen LogP contribution in [0.5, 0.6) is 0 Å². The SMILES string of the molecule is CC(C)(C)c1cc(=O)n(C2CCCNC2)[nH]1. The number of piperidine rings is 1. The predicted octanol–water partition coefficient (Wildman–Crippen LogP) is 1.40. The van der Waals surface area contributed by atoms with Gasteiger partial charge in [0.25, 0.3) is 5.56 Å². The van der Waals surface area contributed by atoms with Crippen molar-refractivity contribution in [3.05, 3.63) is 22.1 Å². The molecule has 0 amide bonds. The largest absolute Gasteiger partial charge is 0.315 e. The van der Waals surface area contributed by atoms with E-state index in [-0.39, 0.29) is 17.0 Å². The van der Waals surface area contributed by atoms with Gasteiger partial charge >= 0.3 is 0 Å². The second kappa shape index (κ2) is 4.09. The number of hydrogen-bond donors (Lipinski definition) is 2. The molecule has 0 aromatic carbocycles. The van der Waals surface area contributed by atoms with Gasteiger partial charge in [0.2, 0.25) is 0 Å². The fraction of sp³-hybridized carbons (Fsp3) is 0.750. The van der Waals surface area contributed by atoms with Crippen LogP contribution in [0.25, 0.3) is 0 Å². The van der Waals surface area contributed by atoms with Gasteiger partial charge in [-0.2, -0.15) is 0 Å². The molecule has 2 N–H and O–H groups in total. The maximum Gasteiger partial charge on any atom is 0.267 e. The molecule has 0 bridgehead atoms. The summed E-state index contributed by atoms with van der Waals surface area (Å²) in [5.74, 6) is 0. The van der Waals surface area contributed by atoms with E-state index in [2.05, 4.69) is 31.2 Å². The molecule has 4 nitrogen and oxygen atoms in total. The highest BCUT2D eigenvalue weighted by molar-refractivity contribution is 5.11. The second-order valence-electron chi connectivity index (χ2n) is 5.63. The van der Waals surface area contributed by atoms with E-state index >= 15 is 0 Å². The monoisotopic (exact) mass is 223 g/mol. The van der Waals surface area contributed by atoms with E-state index in [1.165, 1.54) is 0 Å². The summed E-state index contributed by atoms with van der Waals surface area (Å²) in [6.07, 6.45) is 2.22. The Labute approximate surface area is 96.0 Å². The van der Waals surface area contributed by atoms with Gasteiger partial charge < -0.3 is 5.32 Å². The molecule has 90 valence electrons. The average molecular weight is 223 g/mol. The van der Waals surface area contributed by atoms with E-state index in [0.29, 0.717) is 0 Å². The maximum absolute atomic E-state index is 11.9. The minimum absolute atomic E-state index is 0.00645. The van der Waals surface area contributed by atoms with Crippen LogP contribution in [0.4, 0.5) is 0 Å². The number of hydrogen-bond acceptors (Lipinski definition) is 2. The number of rotatable bonds is 1. The third-order valence-electron chi connectivity index (χ3n) is 3.19. The highest BCUT2D eigenvalue weighted by atomic mass is 16.1. The molecule has 0 radical (unpaired) electrons. The zero-order valence-electron chi connectivity index (χ0n) is 10.3. The van der Waals surface area contributed by atoms with Crippen molar-refractivity contribution in [1.82, 2.24) is 15.1 Å². The molecule has 1 aromatic heterocycles. The topological polar surface area (TPSA) is 49.8 Å². The molecule has 1 atom stereocenters. The molecular formula is C12H21N3O. The molecule has 2 heterocycles. The summed E-state index contributed by atoms with van der Waals surface area (Å²) in [5.41, 5.74) is 1.12. The van der Waals surface area contributed by atoms with Crippen molar-refractivity contribution in [3.8, 4) is 0 Å². The normalized spacial score (nSPS) is 22.3. The predicted molar refractivity (Wildman–Crippen MR) is 64.9 cm³/mol. The highest BCUT2D eigenvalue weighted by Gasteiger charge is 2.22. The first-order valence-corrected chi connectivity index (χ1v) is 6.01. The molecule has 4 heteroatoms. The van der Waals surface area contributed by atoms with Gasteiger partial charge in [0, 0.05) is 23.7 Å².